The van der Waals surface area contributed by atoms with Gasteiger partial charge in [-0.05, 0) is 42.4 Å². The summed E-state index contributed by atoms with van der Waals surface area (Å²) in [6.45, 7) is 9.10. The average molecular weight is 190 g/mol. The Kier molecular flexibility index (Phi) is 4.19. The first-order valence-corrected chi connectivity index (χ1v) is 5.79. The first kappa shape index (κ1) is 11.3. The second-order valence-electron chi connectivity index (χ2n) is 4.19. The van der Waals surface area contributed by atoms with Crippen molar-refractivity contribution in [2.75, 3.05) is 0 Å². The van der Waals surface area contributed by atoms with E-state index in [1.54, 1.807) is 5.56 Å². The van der Waals surface area contributed by atoms with E-state index in [9.17, 15) is 0 Å². The van der Waals surface area contributed by atoms with Gasteiger partial charge in [-0.2, -0.15) is 0 Å². The van der Waals surface area contributed by atoms with Crippen molar-refractivity contribution in [3.63, 3.8) is 0 Å². The van der Waals surface area contributed by atoms with Crippen LogP contribution in [0.1, 0.15) is 56.2 Å². The molecule has 0 amide bonds. The van der Waals surface area contributed by atoms with E-state index in [4.69, 9.17) is 0 Å². The van der Waals surface area contributed by atoms with Gasteiger partial charge in [0.05, 0.1) is 0 Å². The molecule has 78 valence electrons. The molecule has 0 nitrogen and oxygen atoms in total. The van der Waals surface area contributed by atoms with E-state index >= 15 is 0 Å². The molecule has 0 radical (unpaired) electrons. The SMILES string of the molecule is CCCC(C)c1c(C)cccc1CC. The molecule has 0 saturated heterocycles. The second-order valence-corrected chi connectivity index (χ2v) is 4.19. The number of aryl methyl sites for hydroxylation is 2. The van der Waals surface area contributed by atoms with Crippen molar-refractivity contribution < 1.29 is 0 Å². The molecular weight excluding hydrogens is 168 g/mol. The van der Waals surface area contributed by atoms with Crippen LogP contribution in [0.3, 0.4) is 0 Å². The summed E-state index contributed by atoms with van der Waals surface area (Å²) in [5.74, 6) is 0.719. The maximum Gasteiger partial charge on any atom is -0.0185 e. The Morgan fingerprint density at radius 2 is 1.93 bits per heavy atom. The highest BCUT2D eigenvalue weighted by Gasteiger charge is 2.10. The maximum atomic E-state index is 2.35. The average Bonchev–Trinajstić information content (AvgIpc) is 2.17. The number of hydrogen-bond acceptors (Lipinski definition) is 0. The number of benzene rings is 1. The molecule has 1 aromatic rings. The van der Waals surface area contributed by atoms with Crippen LogP contribution in [0.4, 0.5) is 0 Å². The third-order valence-electron chi connectivity index (χ3n) is 3.01. The lowest BCUT2D eigenvalue weighted by atomic mass is 9.88. The van der Waals surface area contributed by atoms with Crippen molar-refractivity contribution in [1.82, 2.24) is 0 Å². The van der Waals surface area contributed by atoms with Crippen LogP contribution < -0.4 is 0 Å². The van der Waals surface area contributed by atoms with Crippen molar-refractivity contribution >= 4 is 0 Å². The molecule has 0 N–H and O–H groups in total. The van der Waals surface area contributed by atoms with Crippen molar-refractivity contribution in [1.29, 1.82) is 0 Å². The lowest BCUT2D eigenvalue weighted by Gasteiger charge is -2.17. The minimum absolute atomic E-state index is 0.719. The fraction of sp³-hybridized carbons (Fsp3) is 0.571. The maximum absolute atomic E-state index is 2.35. The second kappa shape index (κ2) is 5.19. The molecule has 0 aliphatic carbocycles. The van der Waals surface area contributed by atoms with Crippen LogP contribution in [0.25, 0.3) is 0 Å². The molecule has 0 heterocycles. The van der Waals surface area contributed by atoms with Crippen molar-refractivity contribution in [2.45, 2.75) is 52.9 Å². The molecule has 0 aromatic heterocycles. The van der Waals surface area contributed by atoms with Crippen LogP contribution in [0.5, 0.6) is 0 Å². The summed E-state index contributed by atoms with van der Waals surface area (Å²) >= 11 is 0. The summed E-state index contributed by atoms with van der Waals surface area (Å²) in [6.07, 6.45) is 3.74. The Labute approximate surface area is 88.4 Å². The van der Waals surface area contributed by atoms with E-state index in [0.717, 1.165) is 12.3 Å². The smallest absolute Gasteiger partial charge is 0.0185 e. The molecule has 14 heavy (non-hydrogen) atoms. The topological polar surface area (TPSA) is 0 Å². The summed E-state index contributed by atoms with van der Waals surface area (Å²) in [4.78, 5) is 0. The molecule has 0 aliphatic rings. The first-order valence-electron chi connectivity index (χ1n) is 5.79. The Bertz CT molecular complexity index is 286. The van der Waals surface area contributed by atoms with Crippen molar-refractivity contribution in [3.05, 3.63) is 34.9 Å². The monoisotopic (exact) mass is 190 g/mol. The Morgan fingerprint density at radius 1 is 1.21 bits per heavy atom. The highest BCUT2D eigenvalue weighted by atomic mass is 14.2. The molecule has 0 bridgehead atoms. The van der Waals surface area contributed by atoms with E-state index in [-0.39, 0.29) is 0 Å². The van der Waals surface area contributed by atoms with Crippen LogP contribution in [0, 0.1) is 6.92 Å². The highest BCUT2D eigenvalue weighted by Crippen LogP contribution is 2.27. The number of hydrogen-bond donors (Lipinski definition) is 0. The van der Waals surface area contributed by atoms with Gasteiger partial charge in [0.25, 0.3) is 0 Å². The van der Waals surface area contributed by atoms with Gasteiger partial charge in [-0.3, -0.25) is 0 Å². The molecular formula is C14H22. The van der Waals surface area contributed by atoms with Gasteiger partial charge >= 0.3 is 0 Å². The highest BCUT2D eigenvalue weighted by molar-refractivity contribution is 5.37. The van der Waals surface area contributed by atoms with E-state index in [2.05, 4.69) is 45.9 Å². The zero-order valence-electron chi connectivity index (χ0n) is 9.93. The predicted molar refractivity (Wildman–Crippen MR) is 63.9 cm³/mol. The lowest BCUT2D eigenvalue weighted by Crippen LogP contribution is -2.01. The van der Waals surface area contributed by atoms with Crippen molar-refractivity contribution in [2.24, 2.45) is 0 Å². The molecule has 1 unspecified atom stereocenters. The van der Waals surface area contributed by atoms with Gasteiger partial charge < -0.3 is 0 Å². The van der Waals surface area contributed by atoms with Gasteiger partial charge in [-0.15, -0.1) is 0 Å². The quantitative estimate of drug-likeness (QED) is 0.657. The standard InChI is InChI=1S/C14H22/c1-5-8-11(3)14-12(4)9-7-10-13(14)6-2/h7,9-11H,5-6,8H2,1-4H3. The van der Waals surface area contributed by atoms with E-state index < -0.39 is 0 Å². The summed E-state index contributed by atoms with van der Waals surface area (Å²) in [7, 11) is 0. The van der Waals surface area contributed by atoms with Gasteiger partial charge in [0.1, 0.15) is 0 Å². The fourth-order valence-corrected chi connectivity index (χ4v) is 2.33. The van der Waals surface area contributed by atoms with Crippen LogP contribution in [-0.2, 0) is 6.42 Å². The Hall–Kier alpha value is -0.780. The normalized spacial score (nSPS) is 12.9. The lowest BCUT2D eigenvalue weighted by molar-refractivity contribution is 0.655. The minimum Gasteiger partial charge on any atom is -0.0654 e. The summed E-state index contributed by atoms with van der Waals surface area (Å²) in [6, 6.07) is 6.69. The van der Waals surface area contributed by atoms with Gasteiger partial charge in [0.15, 0.2) is 0 Å². The largest absolute Gasteiger partial charge is 0.0654 e. The van der Waals surface area contributed by atoms with Gasteiger partial charge in [0, 0.05) is 0 Å². The van der Waals surface area contributed by atoms with E-state index in [1.807, 2.05) is 0 Å². The number of rotatable bonds is 4. The third-order valence-corrected chi connectivity index (χ3v) is 3.01. The summed E-state index contributed by atoms with van der Waals surface area (Å²) < 4.78 is 0. The Morgan fingerprint density at radius 3 is 2.50 bits per heavy atom. The van der Waals surface area contributed by atoms with E-state index in [0.29, 0.717) is 0 Å². The Balaban J connectivity index is 3.03. The van der Waals surface area contributed by atoms with Crippen molar-refractivity contribution in [3.8, 4) is 0 Å². The zero-order valence-corrected chi connectivity index (χ0v) is 9.93. The van der Waals surface area contributed by atoms with Crippen LogP contribution in [-0.4, -0.2) is 0 Å². The molecule has 0 fully saturated rings. The molecule has 0 aliphatic heterocycles. The van der Waals surface area contributed by atoms with Crippen LogP contribution in [0.2, 0.25) is 0 Å². The fourth-order valence-electron chi connectivity index (χ4n) is 2.33. The third kappa shape index (κ3) is 2.37. The zero-order chi connectivity index (χ0) is 10.6. The van der Waals surface area contributed by atoms with Gasteiger partial charge in [0.2, 0.25) is 0 Å². The molecule has 0 saturated carbocycles. The summed E-state index contributed by atoms with van der Waals surface area (Å²) in [5, 5.41) is 0. The van der Waals surface area contributed by atoms with Gasteiger partial charge in [-0.1, -0.05) is 45.4 Å². The molecule has 1 aromatic carbocycles. The van der Waals surface area contributed by atoms with Crippen LogP contribution >= 0.6 is 0 Å². The molecule has 0 spiro atoms. The molecule has 1 rings (SSSR count). The van der Waals surface area contributed by atoms with Crippen LogP contribution in [0.15, 0.2) is 18.2 Å². The molecule has 1 atom stereocenters. The first-order chi connectivity index (χ1) is 6.70. The minimum atomic E-state index is 0.719. The molecule has 0 heteroatoms. The van der Waals surface area contributed by atoms with E-state index in [1.165, 1.54) is 24.0 Å². The predicted octanol–water partition coefficient (Wildman–Crippen LogP) is 4.46. The van der Waals surface area contributed by atoms with Gasteiger partial charge in [-0.25, -0.2) is 0 Å². The summed E-state index contributed by atoms with van der Waals surface area (Å²) in [5.41, 5.74) is 4.59.